The molecule has 0 bridgehead atoms. The molecule has 1 N–H and O–H groups in total. The van der Waals surface area contributed by atoms with Crippen molar-refractivity contribution in [3.05, 3.63) is 35.9 Å². The quantitative estimate of drug-likeness (QED) is 0.710. The van der Waals surface area contributed by atoms with E-state index in [0.717, 1.165) is 31.7 Å². The van der Waals surface area contributed by atoms with E-state index in [1.165, 1.54) is 0 Å². The van der Waals surface area contributed by atoms with Gasteiger partial charge in [0.25, 0.3) is 0 Å². The van der Waals surface area contributed by atoms with Crippen molar-refractivity contribution in [2.24, 2.45) is 0 Å². The van der Waals surface area contributed by atoms with Crippen LogP contribution in [-0.2, 0) is 15.1 Å². The van der Waals surface area contributed by atoms with Gasteiger partial charge in [-0.15, -0.1) is 0 Å². The van der Waals surface area contributed by atoms with Crippen LogP contribution < -0.4 is 5.32 Å². The Balaban J connectivity index is 2.81. The Morgan fingerprint density at radius 2 is 1.81 bits per heavy atom. The van der Waals surface area contributed by atoms with Gasteiger partial charge < -0.3 is 9.64 Å². The second-order valence-corrected chi connectivity index (χ2v) is 5.17. The molecule has 1 rings (SSSR count). The zero-order chi connectivity index (χ0) is 15.7. The van der Waals surface area contributed by atoms with E-state index in [9.17, 15) is 4.79 Å². The monoisotopic (exact) mass is 292 g/mol. The van der Waals surface area contributed by atoms with Crippen LogP contribution in [0.25, 0.3) is 0 Å². The van der Waals surface area contributed by atoms with Gasteiger partial charge in [-0.1, -0.05) is 44.2 Å². The van der Waals surface area contributed by atoms with Crippen LogP contribution in [0.4, 0.5) is 0 Å². The number of nitrogens with zero attached hydrogens (tertiary/aromatic N) is 1. The van der Waals surface area contributed by atoms with Gasteiger partial charge in [-0.2, -0.15) is 0 Å². The predicted molar refractivity (Wildman–Crippen MR) is 86.2 cm³/mol. The minimum atomic E-state index is -0.801. The normalized spacial score (nSPS) is 14.0. The summed E-state index contributed by atoms with van der Waals surface area (Å²) in [7, 11) is 0. The third-order valence-electron chi connectivity index (χ3n) is 3.84. The smallest absolute Gasteiger partial charge is 0.330 e. The molecule has 0 aliphatic rings. The SMILES string of the molecule is CCOC(=O)C(C)(NCCN(CC)CC)c1ccccc1. The highest BCUT2D eigenvalue weighted by Gasteiger charge is 2.36. The lowest BCUT2D eigenvalue weighted by molar-refractivity contribution is -0.151. The summed E-state index contributed by atoms with van der Waals surface area (Å²) < 4.78 is 5.26. The van der Waals surface area contributed by atoms with Crippen LogP contribution in [0.2, 0.25) is 0 Å². The molecule has 4 nitrogen and oxygen atoms in total. The van der Waals surface area contributed by atoms with Gasteiger partial charge in [0.15, 0.2) is 0 Å². The number of esters is 1. The predicted octanol–water partition coefficient (Wildman–Crippen LogP) is 2.40. The van der Waals surface area contributed by atoms with Crippen molar-refractivity contribution >= 4 is 5.97 Å². The zero-order valence-corrected chi connectivity index (χ0v) is 13.7. The largest absolute Gasteiger partial charge is 0.464 e. The molecule has 0 saturated heterocycles. The third-order valence-corrected chi connectivity index (χ3v) is 3.84. The molecule has 0 aliphatic heterocycles. The molecule has 0 aliphatic carbocycles. The minimum Gasteiger partial charge on any atom is -0.464 e. The molecule has 0 saturated carbocycles. The van der Waals surface area contributed by atoms with E-state index in [0.29, 0.717) is 6.61 Å². The van der Waals surface area contributed by atoms with E-state index >= 15 is 0 Å². The second-order valence-electron chi connectivity index (χ2n) is 5.17. The number of likely N-dealkylation sites (N-methyl/N-ethyl adjacent to an activating group) is 1. The molecule has 4 heteroatoms. The second kappa shape index (κ2) is 8.80. The fourth-order valence-corrected chi connectivity index (χ4v) is 2.34. The summed E-state index contributed by atoms with van der Waals surface area (Å²) in [6.45, 7) is 12.1. The van der Waals surface area contributed by atoms with Crippen LogP contribution >= 0.6 is 0 Å². The Labute approximate surface area is 128 Å². The van der Waals surface area contributed by atoms with Gasteiger partial charge in [0.05, 0.1) is 6.61 Å². The van der Waals surface area contributed by atoms with Gasteiger partial charge in [-0.25, -0.2) is 4.79 Å². The van der Waals surface area contributed by atoms with Crippen molar-refractivity contribution in [3.8, 4) is 0 Å². The lowest BCUT2D eigenvalue weighted by atomic mass is 9.92. The maximum absolute atomic E-state index is 12.4. The van der Waals surface area contributed by atoms with Gasteiger partial charge in [-0.05, 0) is 32.5 Å². The molecule has 1 aromatic rings. The van der Waals surface area contributed by atoms with Crippen LogP contribution in [-0.4, -0.2) is 43.7 Å². The van der Waals surface area contributed by atoms with Crippen LogP contribution in [0.1, 0.15) is 33.3 Å². The molecule has 0 spiro atoms. The van der Waals surface area contributed by atoms with E-state index in [1.54, 1.807) is 0 Å². The summed E-state index contributed by atoms with van der Waals surface area (Å²) in [6, 6.07) is 9.76. The standard InChI is InChI=1S/C17H28N2O2/c1-5-19(6-2)14-13-18-17(4,16(20)21-7-3)15-11-9-8-10-12-15/h8-12,18H,5-7,13-14H2,1-4H3. The first-order valence-electron chi connectivity index (χ1n) is 7.78. The number of carbonyl (C=O) groups is 1. The van der Waals surface area contributed by atoms with Gasteiger partial charge in [0, 0.05) is 13.1 Å². The van der Waals surface area contributed by atoms with Gasteiger partial charge in [0.1, 0.15) is 5.54 Å². The number of ether oxygens (including phenoxy) is 1. The zero-order valence-electron chi connectivity index (χ0n) is 13.7. The molecular formula is C17H28N2O2. The molecular weight excluding hydrogens is 264 g/mol. The number of hydrogen-bond donors (Lipinski definition) is 1. The maximum Gasteiger partial charge on any atom is 0.330 e. The molecule has 1 unspecified atom stereocenters. The van der Waals surface area contributed by atoms with Crippen molar-refractivity contribution in [3.63, 3.8) is 0 Å². The molecule has 0 heterocycles. The highest BCUT2D eigenvalue weighted by atomic mass is 16.5. The first-order valence-corrected chi connectivity index (χ1v) is 7.78. The minimum absolute atomic E-state index is 0.226. The molecule has 0 radical (unpaired) electrons. The molecule has 0 aromatic heterocycles. The lowest BCUT2D eigenvalue weighted by Crippen LogP contribution is -2.50. The number of carbonyl (C=O) groups excluding carboxylic acids is 1. The Bertz CT molecular complexity index is 418. The van der Waals surface area contributed by atoms with E-state index in [4.69, 9.17) is 4.74 Å². The van der Waals surface area contributed by atoms with E-state index < -0.39 is 5.54 Å². The Morgan fingerprint density at radius 3 is 2.33 bits per heavy atom. The van der Waals surface area contributed by atoms with Crippen molar-refractivity contribution in [1.29, 1.82) is 0 Å². The van der Waals surface area contributed by atoms with Crippen molar-refractivity contribution in [2.75, 3.05) is 32.8 Å². The van der Waals surface area contributed by atoms with Crippen molar-refractivity contribution in [2.45, 2.75) is 33.2 Å². The average Bonchev–Trinajstić information content (AvgIpc) is 2.52. The molecule has 1 atom stereocenters. The number of rotatable bonds is 9. The summed E-state index contributed by atoms with van der Waals surface area (Å²) in [5.74, 6) is -0.226. The number of hydrogen-bond acceptors (Lipinski definition) is 4. The fraction of sp³-hybridized carbons (Fsp3) is 0.588. The molecule has 1 aromatic carbocycles. The average molecular weight is 292 g/mol. The van der Waals surface area contributed by atoms with Crippen LogP contribution in [0.5, 0.6) is 0 Å². The molecule has 0 amide bonds. The molecule has 118 valence electrons. The Hall–Kier alpha value is -1.39. The first-order chi connectivity index (χ1) is 10.1. The van der Waals surface area contributed by atoms with Gasteiger partial charge >= 0.3 is 5.97 Å². The van der Waals surface area contributed by atoms with Crippen molar-refractivity contribution in [1.82, 2.24) is 10.2 Å². The van der Waals surface area contributed by atoms with E-state index in [1.807, 2.05) is 44.2 Å². The van der Waals surface area contributed by atoms with Gasteiger partial charge in [-0.3, -0.25) is 5.32 Å². The van der Waals surface area contributed by atoms with Crippen LogP contribution in [0.15, 0.2) is 30.3 Å². The summed E-state index contributed by atoms with van der Waals surface area (Å²) >= 11 is 0. The summed E-state index contributed by atoms with van der Waals surface area (Å²) in [5.41, 5.74) is 0.132. The van der Waals surface area contributed by atoms with E-state index in [2.05, 4.69) is 24.1 Å². The van der Waals surface area contributed by atoms with Crippen molar-refractivity contribution < 1.29 is 9.53 Å². The highest BCUT2D eigenvalue weighted by Crippen LogP contribution is 2.22. The summed E-state index contributed by atoms with van der Waals surface area (Å²) in [5, 5.41) is 3.38. The summed E-state index contributed by atoms with van der Waals surface area (Å²) in [6.07, 6.45) is 0. The summed E-state index contributed by atoms with van der Waals surface area (Å²) in [4.78, 5) is 14.7. The number of benzene rings is 1. The third kappa shape index (κ3) is 4.83. The number of nitrogens with one attached hydrogen (secondary N) is 1. The molecule has 0 fully saturated rings. The topological polar surface area (TPSA) is 41.6 Å². The van der Waals surface area contributed by atoms with Gasteiger partial charge in [0.2, 0.25) is 0 Å². The van der Waals surface area contributed by atoms with E-state index in [-0.39, 0.29) is 5.97 Å². The highest BCUT2D eigenvalue weighted by molar-refractivity contribution is 5.82. The Kier molecular flexibility index (Phi) is 7.40. The fourth-order valence-electron chi connectivity index (χ4n) is 2.34. The van der Waals surface area contributed by atoms with Crippen LogP contribution in [0, 0.1) is 0 Å². The first kappa shape index (κ1) is 17.7. The maximum atomic E-state index is 12.4. The lowest BCUT2D eigenvalue weighted by Gasteiger charge is -2.30. The molecule has 21 heavy (non-hydrogen) atoms. The Morgan fingerprint density at radius 1 is 1.19 bits per heavy atom. The van der Waals surface area contributed by atoms with Crippen LogP contribution in [0.3, 0.4) is 0 Å².